The van der Waals surface area contributed by atoms with Gasteiger partial charge >= 0.3 is 0 Å². The van der Waals surface area contributed by atoms with Gasteiger partial charge < -0.3 is 9.73 Å². The third-order valence-electron chi connectivity index (χ3n) is 3.98. The molecule has 1 N–H and O–H groups in total. The van der Waals surface area contributed by atoms with E-state index in [0.717, 1.165) is 32.5 Å². The molecule has 1 saturated carbocycles. The Balaban J connectivity index is 2.01. The van der Waals surface area contributed by atoms with Crippen molar-refractivity contribution >= 4 is 28.4 Å². The van der Waals surface area contributed by atoms with E-state index in [1.54, 1.807) is 0 Å². The Bertz CT molecular complexity index is 666. The molecule has 3 rings (SSSR count). The molecule has 1 aliphatic rings. The lowest BCUT2D eigenvalue weighted by molar-refractivity contribution is 0.514. The first-order valence-electron chi connectivity index (χ1n) is 7.36. The maximum Gasteiger partial charge on any atom is 0.197 e. The summed E-state index contributed by atoms with van der Waals surface area (Å²) in [6.07, 6.45) is 1.22. The molecule has 112 valence electrons. The molecule has 5 heteroatoms. The molecule has 0 saturated heterocycles. The van der Waals surface area contributed by atoms with Crippen molar-refractivity contribution < 1.29 is 4.42 Å². The molecule has 2 atom stereocenters. The average molecular weight is 397 g/mol. The van der Waals surface area contributed by atoms with Crippen LogP contribution in [-0.4, -0.2) is 17.0 Å². The Morgan fingerprint density at radius 2 is 2.05 bits per heavy atom. The van der Waals surface area contributed by atoms with Crippen LogP contribution < -0.4 is 5.32 Å². The lowest BCUT2D eigenvalue weighted by Gasteiger charge is -2.12. The second-order valence-electron chi connectivity index (χ2n) is 6.02. The molecule has 2 unspecified atom stereocenters. The number of aromatic nitrogens is 2. The molecule has 2 heterocycles. The van der Waals surface area contributed by atoms with E-state index < -0.39 is 0 Å². The van der Waals surface area contributed by atoms with E-state index in [2.05, 4.69) is 59.7 Å². The number of halogens is 1. The maximum absolute atomic E-state index is 5.98. The van der Waals surface area contributed by atoms with Crippen LogP contribution in [0, 0.1) is 9.49 Å². The van der Waals surface area contributed by atoms with Gasteiger partial charge in [0.15, 0.2) is 11.6 Å². The number of nitrogens with zero attached hydrogens (tertiary/aromatic N) is 2. The number of anilines is 1. The number of hydrogen-bond acceptors (Lipinski definition) is 4. The molecule has 0 aromatic carbocycles. The van der Waals surface area contributed by atoms with Gasteiger partial charge in [-0.3, -0.25) is 0 Å². The highest BCUT2D eigenvalue weighted by molar-refractivity contribution is 14.1. The predicted molar refractivity (Wildman–Crippen MR) is 92.6 cm³/mol. The first kappa shape index (κ1) is 14.8. The van der Waals surface area contributed by atoms with Crippen LogP contribution in [0.4, 0.5) is 5.82 Å². The first-order valence-corrected chi connectivity index (χ1v) is 8.44. The van der Waals surface area contributed by atoms with Gasteiger partial charge in [-0.1, -0.05) is 20.8 Å². The van der Waals surface area contributed by atoms with Crippen molar-refractivity contribution in [1.29, 1.82) is 0 Å². The van der Waals surface area contributed by atoms with Crippen molar-refractivity contribution in [1.82, 2.24) is 9.97 Å². The van der Waals surface area contributed by atoms with Gasteiger partial charge in [-0.2, -0.15) is 0 Å². The van der Waals surface area contributed by atoms with E-state index in [-0.39, 0.29) is 0 Å². The van der Waals surface area contributed by atoms with Crippen LogP contribution in [0.25, 0.3) is 11.6 Å². The smallest absolute Gasteiger partial charge is 0.197 e. The zero-order chi connectivity index (χ0) is 15.1. The van der Waals surface area contributed by atoms with Crippen LogP contribution in [0.5, 0.6) is 0 Å². The van der Waals surface area contributed by atoms with Gasteiger partial charge in [0.1, 0.15) is 11.6 Å². The van der Waals surface area contributed by atoms with E-state index in [4.69, 9.17) is 9.40 Å². The summed E-state index contributed by atoms with van der Waals surface area (Å²) in [5.41, 5.74) is 1.06. The van der Waals surface area contributed by atoms with Crippen LogP contribution in [-0.2, 0) is 0 Å². The van der Waals surface area contributed by atoms with Crippen LogP contribution in [0.3, 0.4) is 0 Å². The zero-order valence-corrected chi connectivity index (χ0v) is 14.9. The van der Waals surface area contributed by atoms with Crippen LogP contribution in [0.2, 0.25) is 0 Å². The van der Waals surface area contributed by atoms with Crippen molar-refractivity contribution in [2.75, 3.05) is 12.4 Å². The molecule has 1 fully saturated rings. The zero-order valence-electron chi connectivity index (χ0n) is 12.8. The SMILES string of the molecule is CNc1nc(-c2ccc(C3CC3C)o2)nc(C(C)C)c1I. The molecule has 0 spiro atoms. The fraction of sp³-hybridized carbons (Fsp3) is 0.500. The van der Waals surface area contributed by atoms with Crippen LogP contribution in [0.15, 0.2) is 16.5 Å². The Hall–Kier alpha value is -1.11. The lowest BCUT2D eigenvalue weighted by Crippen LogP contribution is -2.06. The molecule has 2 aromatic heterocycles. The van der Waals surface area contributed by atoms with Crippen LogP contribution >= 0.6 is 22.6 Å². The van der Waals surface area contributed by atoms with Crippen molar-refractivity contribution in [2.45, 2.75) is 39.0 Å². The van der Waals surface area contributed by atoms with E-state index in [0.29, 0.717) is 17.7 Å². The Labute approximate surface area is 138 Å². The van der Waals surface area contributed by atoms with Crippen molar-refractivity contribution in [3.05, 3.63) is 27.2 Å². The fourth-order valence-corrected chi connectivity index (χ4v) is 3.65. The second kappa shape index (κ2) is 5.59. The largest absolute Gasteiger partial charge is 0.457 e. The average Bonchev–Trinajstić information content (AvgIpc) is 3.00. The number of furan rings is 1. The minimum Gasteiger partial charge on any atom is -0.457 e. The number of hydrogen-bond donors (Lipinski definition) is 1. The normalized spacial score (nSPS) is 20.9. The van der Waals surface area contributed by atoms with Crippen molar-refractivity contribution in [2.24, 2.45) is 5.92 Å². The third kappa shape index (κ3) is 2.80. The second-order valence-corrected chi connectivity index (χ2v) is 7.10. The molecule has 0 radical (unpaired) electrons. The van der Waals surface area contributed by atoms with E-state index in [1.807, 2.05) is 13.1 Å². The third-order valence-corrected chi connectivity index (χ3v) is 5.05. The summed E-state index contributed by atoms with van der Waals surface area (Å²) < 4.78 is 7.06. The molecular formula is C16H20IN3O. The van der Waals surface area contributed by atoms with Gasteiger partial charge in [-0.15, -0.1) is 0 Å². The van der Waals surface area contributed by atoms with E-state index in [9.17, 15) is 0 Å². The standard InChI is InChI=1S/C16H20IN3O/c1-8(2)14-13(17)16(18-4)20-15(19-14)12-6-5-11(21-12)10-7-9(10)3/h5-6,8-10H,7H2,1-4H3,(H,18,19,20). The van der Waals surface area contributed by atoms with Gasteiger partial charge in [0.05, 0.1) is 9.26 Å². The van der Waals surface area contributed by atoms with Gasteiger partial charge in [-0.25, -0.2) is 9.97 Å². The summed E-state index contributed by atoms with van der Waals surface area (Å²) in [4.78, 5) is 9.30. The molecule has 2 aromatic rings. The van der Waals surface area contributed by atoms with Crippen LogP contribution in [0.1, 0.15) is 50.5 Å². The van der Waals surface area contributed by atoms with Gasteiger partial charge in [0.25, 0.3) is 0 Å². The van der Waals surface area contributed by atoms with Crippen molar-refractivity contribution in [3.8, 4) is 11.6 Å². The fourth-order valence-electron chi connectivity index (χ4n) is 2.51. The Morgan fingerprint density at radius 3 is 2.62 bits per heavy atom. The summed E-state index contributed by atoms with van der Waals surface area (Å²) in [5.74, 6) is 5.03. The highest BCUT2D eigenvalue weighted by atomic mass is 127. The Morgan fingerprint density at radius 1 is 1.33 bits per heavy atom. The maximum atomic E-state index is 5.98. The number of nitrogens with one attached hydrogen (secondary N) is 1. The summed E-state index contributed by atoms with van der Waals surface area (Å²) >= 11 is 2.30. The summed E-state index contributed by atoms with van der Waals surface area (Å²) in [7, 11) is 1.89. The Kier molecular flexibility index (Phi) is 3.94. The molecule has 0 amide bonds. The van der Waals surface area contributed by atoms with Crippen molar-refractivity contribution in [3.63, 3.8) is 0 Å². The van der Waals surface area contributed by atoms with E-state index in [1.165, 1.54) is 6.42 Å². The number of rotatable bonds is 4. The molecule has 0 bridgehead atoms. The van der Waals surface area contributed by atoms with E-state index >= 15 is 0 Å². The molecule has 0 aliphatic heterocycles. The lowest BCUT2D eigenvalue weighted by atomic mass is 10.1. The quantitative estimate of drug-likeness (QED) is 0.765. The molecule has 4 nitrogen and oxygen atoms in total. The van der Waals surface area contributed by atoms with Gasteiger partial charge in [0, 0.05) is 13.0 Å². The minimum absolute atomic E-state index is 0.351. The summed E-state index contributed by atoms with van der Waals surface area (Å²) in [6.45, 7) is 6.55. The summed E-state index contributed by atoms with van der Waals surface area (Å²) in [5, 5.41) is 3.15. The summed E-state index contributed by atoms with van der Waals surface area (Å²) in [6, 6.07) is 4.06. The predicted octanol–water partition coefficient (Wildman–Crippen LogP) is 4.63. The van der Waals surface area contributed by atoms with Gasteiger partial charge in [0.2, 0.25) is 0 Å². The highest BCUT2D eigenvalue weighted by Gasteiger charge is 2.36. The molecule has 1 aliphatic carbocycles. The highest BCUT2D eigenvalue weighted by Crippen LogP contribution is 2.48. The monoisotopic (exact) mass is 397 g/mol. The van der Waals surface area contributed by atoms with Gasteiger partial charge in [-0.05, 0) is 53.0 Å². The first-order chi connectivity index (χ1) is 10.0. The molecular weight excluding hydrogens is 377 g/mol. The molecule has 21 heavy (non-hydrogen) atoms. The topological polar surface area (TPSA) is 51.0 Å². The minimum atomic E-state index is 0.351.